The molecule has 1 heterocycles. The highest BCUT2D eigenvalue weighted by Gasteiger charge is 2.12. The van der Waals surface area contributed by atoms with E-state index in [4.69, 9.17) is 9.47 Å². The molecular formula is C15H15NO4. The maximum atomic E-state index is 9.73. The molecule has 0 aromatic heterocycles. The molecule has 0 bridgehead atoms. The highest BCUT2D eigenvalue weighted by molar-refractivity contribution is 5.56. The minimum atomic E-state index is -0.119. The molecule has 1 aliphatic rings. The van der Waals surface area contributed by atoms with Gasteiger partial charge in [-0.1, -0.05) is 12.1 Å². The third-order valence-electron chi connectivity index (χ3n) is 3.12. The van der Waals surface area contributed by atoms with Crippen molar-refractivity contribution in [3.05, 3.63) is 42.0 Å². The van der Waals surface area contributed by atoms with Crippen LogP contribution in [0.25, 0.3) is 0 Å². The summed E-state index contributed by atoms with van der Waals surface area (Å²) in [6.45, 7) is 1.51. The summed E-state index contributed by atoms with van der Waals surface area (Å²) in [5.41, 5.74) is 1.48. The maximum Gasteiger partial charge on any atom is 0.163 e. The average Bonchev–Trinajstić information content (AvgIpc) is 2.48. The van der Waals surface area contributed by atoms with Gasteiger partial charge in [-0.3, -0.25) is 0 Å². The number of fused-ring (bicyclic) bond motifs is 1. The van der Waals surface area contributed by atoms with E-state index in [1.165, 1.54) is 6.07 Å². The van der Waals surface area contributed by atoms with Crippen molar-refractivity contribution in [1.29, 1.82) is 0 Å². The number of nitrogens with one attached hydrogen (secondary N) is 1. The van der Waals surface area contributed by atoms with E-state index >= 15 is 0 Å². The first-order valence-corrected chi connectivity index (χ1v) is 6.37. The minimum absolute atomic E-state index is 0.0995. The van der Waals surface area contributed by atoms with Crippen molar-refractivity contribution in [3.63, 3.8) is 0 Å². The fourth-order valence-corrected chi connectivity index (χ4v) is 2.07. The Morgan fingerprint density at radius 3 is 2.65 bits per heavy atom. The Hall–Kier alpha value is -2.56. The Morgan fingerprint density at radius 2 is 1.80 bits per heavy atom. The van der Waals surface area contributed by atoms with Crippen LogP contribution >= 0.6 is 0 Å². The summed E-state index contributed by atoms with van der Waals surface area (Å²) in [4.78, 5) is 0. The number of hydrogen-bond donors (Lipinski definition) is 3. The van der Waals surface area contributed by atoms with Crippen LogP contribution in [0.4, 0.5) is 5.69 Å². The smallest absolute Gasteiger partial charge is 0.163 e. The summed E-state index contributed by atoms with van der Waals surface area (Å²) in [7, 11) is 0. The Kier molecular flexibility index (Phi) is 3.25. The molecule has 0 atom stereocenters. The van der Waals surface area contributed by atoms with Crippen LogP contribution in [0.15, 0.2) is 36.4 Å². The first kappa shape index (κ1) is 12.5. The van der Waals surface area contributed by atoms with Crippen molar-refractivity contribution >= 4 is 5.69 Å². The standard InChI is InChI=1S/C15H15NO4/c17-12-3-1-2-10(15(12)18)9-16-11-4-5-13-14(8-11)20-7-6-19-13/h1-5,8,16-18H,6-7,9H2. The van der Waals surface area contributed by atoms with Crippen LogP contribution in [0.5, 0.6) is 23.0 Å². The van der Waals surface area contributed by atoms with E-state index < -0.39 is 0 Å². The van der Waals surface area contributed by atoms with Gasteiger partial charge in [-0.15, -0.1) is 0 Å². The van der Waals surface area contributed by atoms with Gasteiger partial charge in [-0.2, -0.15) is 0 Å². The van der Waals surface area contributed by atoms with Gasteiger partial charge in [0.1, 0.15) is 13.2 Å². The molecule has 3 rings (SSSR count). The van der Waals surface area contributed by atoms with Gasteiger partial charge in [0.25, 0.3) is 0 Å². The Bertz CT molecular complexity index is 627. The molecule has 1 aliphatic heterocycles. The molecule has 3 N–H and O–H groups in total. The first-order chi connectivity index (χ1) is 9.74. The van der Waals surface area contributed by atoms with Crippen LogP contribution in [0.2, 0.25) is 0 Å². The Balaban J connectivity index is 1.73. The minimum Gasteiger partial charge on any atom is -0.504 e. The zero-order valence-corrected chi connectivity index (χ0v) is 10.8. The average molecular weight is 273 g/mol. The van der Waals surface area contributed by atoms with Crippen LogP contribution in [-0.2, 0) is 6.54 Å². The number of hydrogen-bond acceptors (Lipinski definition) is 5. The zero-order valence-electron chi connectivity index (χ0n) is 10.8. The van der Waals surface area contributed by atoms with Crippen LogP contribution < -0.4 is 14.8 Å². The topological polar surface area (TPSA) is 71.0 Å². The lowest BCUT2D eigenvalue weighted by Crippen LogP contribution is -2.15. The molecule has 0 spiro atoms. The molecule has 0 amide bonds. The van der Waals surface area contributed by atoms with Gasteiger partial charge in [-0.05, 0) is 18.2 Å². The fourth-order valence-electron chi connectivity index (χ4n) is 2.07. The van der Waals surface area contributed by atoms with Crippen LogP contribution in [0, 0.1) is 0 Å². The molecule has 0 saturated heterocycles. The molecule has 0 fully saturated rings. The van der Waals surface area contributed by atoms with E-state index in [0.717, 1.165) is 11.4 Å². The Labute approximate surface area is 116 Å². The number of aromatic hydroxyl groups is 2. The number of anilines is 1. The zero-order chi connectivity index (χ0) is 13.9. The predicted octanol–water partition coefficient (Wildman–Crippen LogP) is 2.48. The third-order valence-corrected chi connectivity index (χ3v) is 3.12. The van der Waals surface area contributed by atoms with Crippen molar-refractivity contribution < 1.29 is 19.7 Å². The van der Waals surface area contributed by atoms with Crippen molar-refractivity contribution in [2.24, 2.45) is 0 Å². The molecule has 20 heavy (non-hydrogen) atoms. The van der Waals surface area contributed by atoms with Gasteiger partial charge in [0.2, 0.25) is 0 Å². The van der Waals surface area contributed by atoms with Gasteiger partial charge in [0.15, 0.2) is 23.0 Å². The quantitative estimate of drug-likeness (QED) is 0.749. The first-order valence-electron chi connectivity index (χ1n) is 6.37. The summed E-state index contributed by atoms with van der Waals surface area (Å²) in [6.07, 6.45) is 0. The van der Waals surface area contributed by atoms with Crippen molar-refractivity contribution in [1.82, 2.24) is 0 Å². The lowest BCUT2D eigenvalue weighted by molar-refractivity contribution is 0.171. The van der Waals surface area contributed by atoms with Crippen LogP contribution in [0.3, 0.4) is 0 Å². The van der Waals surface area contributed by atoms with Crippen molar-refractivity contribution in [3.8, 4) is 23.0 Å². The van der Waals surface area contributed by atoms with E-state index in [9.17, 15) is 10.2 Å². The lowest BCUT2D eigenvalue weighted by Gasteiger charge is -2.19. The largest absolute Gasteiger partial charge is 0.504 e. The summed E-state index contributed by atoms with van der Waals surface area (Å²) < 4.78 is 11.0. The third kappa shape index (κ3) is 2.42. The van der Waals surface area contributed by atoms with Gasteiger partial charge in [0, 0.05) is 23.9 Å². The summed E-state index contributed by atoms with van der Waals surface area (Å²) in [5, 5.41) is 22.3. The number of ether oxygens (including phenoxy) is 2. The molecule has 2 aromatic rings. The van der Waals surface area contributed by atoms with Gasteiger partial charge >= 0.3 is 0 Å². The van der Waals surface area contributed by atoms with E-state index in [1.54, 1.807) is 12.1 Å². The molecule has 0 radical (unpaired) electrons. The second-order valence-corrected chi connectivity index (χ2v) is 4.50. The van der Waals surface area contributed by atoms with Gasteiger partial charge in [-0.25, -0.2) is 0 Å². The normalized spacial score (nSPS) is 13.0. The summed E-state index contributed by atoms with van der Waals surface area (Å²) in [5.74, 6) is 1.23. The molecule has 0 saturated carbocycles. The molecule has 0 aliphatic carbocycles. The Morgan fingerprint density at radius 1 is 1.00 bits per heavy atom. The van der Waals surface area contributed by atoms with E-state index in [1.807, 2.05) is 18.2 Å². The number of para-hydroxylation sites is 1. The molecule has 5 heteroatoms. The van der Waals surface area contributed by atoms with Gasteiger partial charge < -0.3 is 25.0 Å². The van der Waals surface area contributed by atoms with Crippen molar-refractivity contribution in [2.45, 2.75) is 6.54 Å². The second kappa shape index (κ2) is 5.21. The van der Waals surface area contributed by atoms with Gasteiger partial charge in [0.05, 0.1) is 0 Å². The molecule has 5 nitrogen and oxygen atoms in total. The molecule has 2 aromatic carbocycles. The number of phenolic OH excluding ortho intramolecular Hbond substituents is 2. The lowest BCUT2D eigenvalue weighted by atomic mass is 10.2. The number of phenols is 2. The highest BCUT2D eigenvalue weighted by atomic mass is 16.6. The number of benzene rings is 2. The van der Waals surface area contributed by atoms with Crippen LogP contribution in [0.1, 0.15) is 5.56 Å². The molecule has 0 unspecified atom stereocenters. The predicted molar refractivity (Wildman–Crippen MR) is 74.5 cm³/mol. The molecule has 104 valence electrons. The maximum absolute atomic E-state index is 9.73. The number of rotatable bonds is 3. The SMILES string of the molecule is Oc1cccc(CNc2ccc3c(c2)OCCO3)c1O. The fraction of sp³-hybridized carbons (Fsp3) is 0.200. The van der Waals surface area contributed by atoms with E-state index in [-0.39, 0.29) is 11.5 Å². The molecular weight excluding hydrogens is 258 g/mol. The highest BCUT2D eigenvalue weighted by Crippen LogP contribution is 2.33. The van der Waals surface area contributed by atoms with E-state index in [2.05, 4.69) is 5.32 Å². The van der Waals surface area contributed by atoms with E-state index in [0.29, 0.717) is 31.1 Å². The second-order valence-electron chi connectivity index (χ2n) is 4.50. The van der Waals surface area contributed by atoms with Crippen LogP contribution in [-0.4, -0.2) is 23.4 Å². The summed E-state index contributed by atoms with van der Waals surface area (Å²) in [6, 6.07) is 10.5. The van der Waals surface area contributed by atoms with Crippen molar-refractivity contribution in [2.75, 3.05) is 18.5 Å². The summed E-state index contributed by atoms with van der Waals surface area (Å²) >= 11 is 0. The monoisotopic (exact) mass is 273 g/mol.